The lowest BCUT2D eigenvalue weighted by atomic mass is 10.0. The first-order chi connectivity index (χ1) is 11.5. The highest BCUT2D eigenvalue weighted by molar-refractivity contribution is 5.98. The average Bonchev–Trinajstić information content (AvgIpc) is 2.57. The van der Waals surface area contributed by atoms with E-state index in [-0.39, 0.29) is 0 Å². The quantitative estimate of drug-likeness (QED) is 0.779. The minimum absolute atomic E-state index is 0.440. The molecule has 1 heterocycles. The second-order valence-electron chi connectivity index (χ2n) is 5.92. The molecule has 122 valence electrons. The topological polar surface area (TPSA) is 65.2 Å². The Morgan fingerprint density at radius 2 is 1.83 bits per heavy atom. The van der Waals surface area contributed by atoms with Crippen LogP contribution in [0.25, 0.3) is 10.9 Å². The molecule has 0 saturated carbocycles. The van der Waals surface area contributed by atoms with Crippen molar-refractivity contribution in [1.29, 1.82) is 0 Å². The van der Waals surface area contributed by atoms with E-state index < -0.39 is 5.91 Å². The number of rotatable bonds is 4. The van der Waals surface area contributed by atoms with Crippen LogP contribution in [0.5, 0.6) is 11.5 Å². The van der Waals surface area contributed by atoms with E-state index in [0.29, 0.717) is 11.3 Å². The van der Waals surface area contributed by atoms with Gasteiger partial charge in [-0.2, -0.15) is 0 Å². The molecule has 0 atom stereocenters. The van der Waals surface area contributed by atoms with Crippen molar-refractivity contribution in [2.24, 2.45) is 5.73 Å². The van der Waals surface area contributed by atoms with Gasteiger partial charge in [0.2, 0.25) is 5.91 Å². The zero-order valence-corrected chi connectivity index (χ0v) is 14.1. The van der Waals surface area contributed by atoms with Crippen LogP contribution in [-0.4, -0.2) is 10.9 Å². The first-order valence-electron chi connectivity index (χ1n) is 7.96. The maximum absolute atomic E-state index is 11.5. The number of fused-ring (bicyclic) bond motifs is 1. The number of primary amides is 1. The molecule has 0 saturated heterocycles. The van der Waals surface area contributed by atoms with Gasteiger partial charge in [0.15, 0.2) is 0 Å². The monoisotopic (exact) mass is 320 g/mol. The molecule has 3 rings (SSSR count). The smallest absolute Gasteiger partial charge is 0.248 e. The van der Waals surface area contributed by atoms with E-state index in [0.717, 1.165) is 34.2 Å². The standard InChI is InChI=1S/C20H20N2O2/c1-4-14-9-12(2)19(13(3)10-14)24-18-7-8-22-17-6-5-15(20(21)23)11-16(17)18/h5-11H,4H2,1-3H3,(H2,21,23). The molecule has 3 aromatic rings. The number of benzene rings is 2. The number of aromatic nitrogens is 1. The van der Waals surface area contributed by atoms with Gasteiger partial charge in [-0.15, -0.1) is 0 Å². The average molecular weight is 320 g/mol. The van der Waals surface area contributed by atoms with Crippen LogP contribution in [-0.2, 0) is 6.42 Å². The Kier molecular flexibility index (Phi) is 4.21. The fourth-order valence-corrected chi connectivity index (χ4v) is 2.88. The summed E-state index contributed by atoms with van der Waals surface area (Å²) in [5.74, 6) is 1.04. The van der Waals surface area contributed by atoms with Crippen molar-refractivity contribution in [1.82, 2.24) is 4.98 Å². The molecule has 2 N–H and O–H groups in total. The van der Waals surface area contributed by atoms with Gasteiger partial charge in [-0.25, -0.2) is 0 Å². The van der Waals surface area contributed by atoms with Gasteiger partial charge in [0, 0.05) is 17.1 Å². The van der Waals surface area contributed by atoms with E-state index >= 15 is 0 Å². The Bertz CT molecular complexity index is 909. The molecule has 4 heteroatoms. The third kappa shape index (κ3) is 2.95. The van der Waals surface area contributed by atoms with E-state index in [1.165, 1.54) is 5.56 Å². The zero-order chi connectivity index (χ0) is 17.3. The molecule has 0 fully saturated rings. The van der Waals surface area contributed by atoms with Gasteiger partial charge in [-0.1, -0.05) is 19.1 Å². The summed E-state index contributed by atoms with van der Waals surface area (Å²) >= 11 is 0. The molecule has 0 spiro atoms. The van der Waals surface area contributed by atoms with Crippen LogP contribution in [0.4, 0.5) is 0 Å². The highest BCUT2D eigenvalue weighted by Crippen LogP contribution is 2.34. The van der Waals surface area contributed by atoms with Crippen LogP contribution < -0.4 is 10.5 Å². The molecule has 0 unspecified atom stereocenters. The summed E-state index contributed by atoms with van der Waals surface area (Å²) in [4.78, 5) is 15.8. The third-order valence-electron chi connectivity index (χ3n) is 4.13. The summed E-state index contributed by atoms with van der Waals surface area (Å²) in [6, 6.07) is 11.3. The van der Waals surface area contributed by atoms with Crippen LogP contribution >= 0.6 is 0 Å². The maximum Gasteiger partial charge on any atom is 0.248 e. The van der Waals surface area contributed by atoms with Crippen LogP contribution in [0, 0.1) is 13.8 Å². The fourth-order valence-electron chi connectivity index (χ4n) is 2.88. The summed E-state index contributed by atoms with van der Waals surface area (Å²) in [5, 5.41) is 0.771. The van der Waals surface area contributed by atoms with Gasteiger partial charge in [-0.05, 0) is 61.2 Å². The van der Waals surface area contributed by atoms with Crippen LogP contribution in [0.15, 0.2) is 42.6 Å². The largest absolute Gasteiger partial charge is 0.456 e. The molecule has 1 aromatic heterocycles. The van der Waals surface area contributed by atoms with Crippen LogP contribution in [0.1, 0.15) is 34.0 Å². The van der Waals surface area contributed by atoms with Crippen molar-refractivity contribution < 1.29 is 9.53 Å². The Morgan fingerprint density at radius 3 is 2.46 bits per heavy atom. The Hall–Kier alpha value is -2.88. The van der Waals surface area contributed by atoms with Crippen molar-refractivity contribution in [3.8, 4) is 11.5 Å². The number of nitrogens with two attached hydrogens (primary N) is 1. The normalized spacial score (nSPS) is 10.8. The maximum atomic E-state index is 11.5. The molecule has 4 nitrogen and oxygen atoms in total. The molecule has 0 aliphatic carbocycles. The Morgan fingerprint density at radius 1 is 1.12 bits per heavy atom. The lowest BCUT2D eigenvalue weighted by Crippen LogP contribution is -2.10. The van der Waals surface area contributed by atoms with E-state index in [4.69, 9.17) is 10.5 Å². The molecular weight excluding hydrogens is 300 g/mol. The SMILES string of the molecule is CCc1cc(C)c(Oc2ccnc3ccc(C(N)=O)cc23)c(C)c1. The second kappa shape index (κ2) is 6.32. The summed E-state index contributed by atoms with van der Waals surface area (Å²) < 4.78 is 6.20. The molecule has 0 aliphatic heterocycles. The van der Waals surface area contributed by atoms with Crippen molar-refractivity contribution in [3.05, 3.63) is 64.8 Å². The highest BCUT2D eigenvalue weighted by Gasteiger charge is 2.11. The van der Waals surface area contributed by atoms with E-state index in [1.807, 2.05) is 13.8 Å². The van der Waals surface area contributed by atoms with Gasteiger partial charge in [0.1, 0.15) is 11.5 Å². The molecule has 0 bridgehead atoms. The Labute approximate surface area is 141 Å². The molecule has 24 heavy (non-hydrogen) atoms. The van der Waals surface area contributed by atoms with Crippen LogP contribution in [0.3, 0.4) is 0 Å². The van der Waals surface area contributed by atoms with Gasteiger partial charge in [0.05, 0.1) is 5.52 Å². The number of ether oxygens (including phenoxy) is 1. The Balaban J connectivity index is 2.10. The minimum atomic E-state index is -0.466. The second-order valence-corrected chi connectivity index (χ2v) is 5.92. The molecule has 2 aromatic carbocycles. The molecule has 0 radical (unpaired) electrons. The highest BCUT2D eigenvalue weighted by atomic mass is 16.5. The first kappa shape index (κ1) is 16.0. The molecular formula is C20H20N2O2. The number of aryl methyl sites for hydroxylation is 3. The first-order valence-corrected chi connectivity index (χ1v) is 7.96. The number of amides is 1. The van der Waals surface area contributed by atoms with Gasteiger partial charge in [0.25, 0.3) is 0 Å². The van der Waals surface area contributed by atoms with E-state index in [1.54, 1.807) is 30.5 Å². The number of pyridine rings is 1. The number of nitrogens with zero attached hydrogens (tertiary/aromatic N) is 1. The molecule has 0 aliphatic rings. The summed E-state index contributed by atoms with van der Waals surface area (Å²) in [6.07, 6.45) is 2.69. The summed E-state index contributed by atoms with van der Waals surface area (Å²) in [7, 11) is 0. The van der Waals surface area contributed by atoms with Gasteiger partial charge >= 0.3 is 0 Å². The van der Waals surface area contributed by atoms with Crippen molar-refractivity contribution >= 4 is 16.8 Å². The number of hydrogen-bond donors (Lipinski definition) is 1. The summed E-state index contributed by atoms with van der Waals surface area (Å²) in [5.41, 5.74) is 10.0. The van der Waals surface area contributed by atoms with Gasteiger partial charge < -0.3 is 10.5 Å². The van der Waals surface area contributed by atoms with Crippen LogP contribution in [0.2, 0.25) is 0 Å². The summed E-state index contributed by atoms with van der Waals surface area (Å²) in [6.45, 7) is 6.22. The minimum Gasteiger partial charge on any atom is -0.456 e. The lowest BCUT2D eigenvalue weighted by molar-refractivity contribution is 0.100. The number of hydrogen-bond acceptors (Lipinski definition) is 3. The number of carbonyl (C=O) groups excluding carboxylic acids is 1. The predicted octanol–water partition coefficient (Wildman–Crippen LogP) is 4.31. The van der Waals surface area contributed by atoms with E-state index in [2.05, 4.69) is 24.0 Å². The predicted molar refractivity (Wildman–Crippen MR) is 95.6 cm³/mol. The van der Waals surface area contributed by atoms with Crippen molar-refractivity contribution in [2.45, 2.75) is 27.2 Å². The number of carbonyl (C=O) groups is 1. The van der Waals surface area contributed by atoms with Crippen molar-refractivity contribution in [2.75, 3.05) is 0 Å². The third-order valence-corrected chi connectivity index (χ3v) is 4.13. The fraction of sp³-hybridized carbons (Fsp3) is 0.200. The van der Waals surface area contributed by atoms with Gasteiger partial charge in [-0.3, -0.25) is 9.78 Å². The van der Waals surface area contributed by atoms with Crippen molar-refractivity contribution in [3.63, 3.8) is 0 Å². The zero-order valence-electron chi connectivity index (χ0n) is 14.1. The van der Waals surface area contributed by atoms with E-state index in [9.17, 15) is 4.79 Å². The lowest BCUT2D eigenvalue weighted by Gasteiger charge is -2.15. The molecule has 1 amide bonds.